The summed E-state index contributed by atoms with van der Waals surface area (Å²) in [5, 5.41) is 6.27. The summed E-state index contributed by atoms with van der Waals surface area (Å²) in [4.78, 5) is 1.19. The van der Waals surface area contributed by atoms with Crippen LogP contribution in [0.15, 0.2) is 29.6 Å². The van der Waals surface area contributed by atoms with Crippen molar-refractivity contribution < 1.29 is 0 Å². The molecular weight excluding hydrogens is 274 g/mol. The highest BCUT2D eigenvalue weighted by molar-refractivity contribution is 7.10. The molecule has 0 aliphatic rings. The molecule has 1 nitrogen and oxygen atoms in total. The van der Waals surface area contributed by atoms with Gasteiger partial charge in [0.15, 0.2) is 0 Å². The van der Waals surface area contributed by atoms with Crippen LogP contribution in [0.4, 0.5) is 0 Å². The second-order valence-electron chi connectivity index (χ2n) is 4.59. The summed E-state index contributed by atoms with van der Waals surface area (Å²) >= 11 is 7.97. The van der Waals surface area contributed by atoms with Gasteiger partial charge in [0.25, 0.3) is 0 Å². The molecule has 0 saturated carbocycles. The van der Waals surface area contributed by atoms with Gasteiger partial charge in [-0.15, -0.1) is 11.3 Å². The molecule has 0 fully saturated rings. The highest BCUT2D eigenvalue weighted by atomic mass is 35.5. The van der Waals surface area contributed by atoms with Crippen molar-refractivity contribution in [2.75, 3.05) is 7.05 Å². The molecule has 0 radical (unpaired) electrons. The Labute approximate surface area is 124 Å². The van der Waals surface area contributed by atoms with E-state index in [0.29, 0.717) is 0 Å². The van der Waals surface area contributed by atoms with Crippen molar-refractivity contribution in [2.24, 2.45) is 0 Å². The largest absolute Gasteiger partial charge is 0.309 e. The molecule has 2 rings (SSSR count). The molecule has 0 aliphatic heterocycles. The minimum absolute atomic E-state index is 0.184. The summed E-state index contributed by atoms with van der Waals surface area (Å²) in [6, 6.07) is 8.93. The van der Waals surface area contributed by atoms with E-state index >= 15 is 0 Å². The van der Waals surface area contributed by atoms with Gasteiger partial charge in [-0.2, -0.15) is 0 Å². The van der Waals surface area contributed by atoms with Crippen LogP contribution in [-0.4, -0.2) is 7.05 Å². The third kappa shape index (κ3) is 3.02. The van der Waals surface area contributed by atoms with Crippen LogP contribution in [0.2, 0.25) is 5.02 Å². The molecule has 1 atom stereocenters. The number of hydrogen-bond donors (Lipinski definition) is 1. The van der Waals surface area contributed by atoms with Crippen molar-refractivity contribution >= 4 is 22.9 Å². The van der Waals surface area contributed by atoms with Crippen LogP contribution in [0.25, 0.3) is 0 Å². The van der Waals surface area contributed by atoms with Gasteiger partial charge >= 0.3 is 0 Å². The molecule has 1 heterocycles. The van der Waals surface area contributed by atoms with Crippen LogP contribution in [0.1, 0.15) is 41.5 Å². The highest BCUT2D eigenvalue weighted by Crippen LogP contribution is 2.33. The number of rotatable bonds is 5. The minimum Gasteiger partial charge on any atom is -0.309 e. The van der Waals surface area contributed by atoms with Crippen LogP contribution in [-0.2, 0) is 12.8 Å². The van der Waals surface area contributed by atoms with E-state index in [2.05, 4.69) is 37.4 Å². The topological polar surface area (TPSA) is 12.0 Å². The lowest BCUT2D eigenvalue weighted by Crippen LogP contribution is -2.17. The van der Waals surface area contributed by atoms with Crippen LogP contribution in [0.3, 0.4) is 0 Å². The van der Waals surface area contributed by atoms with Crippen LogP contribution in [0.5, 0.6) is 0 Å². The minimum atomic E-state index is 0.184. The van der Waals surface area contributed by atoms with E-state index in [9.17, 15) is 0 Å². The Morgan fingerprint density at radius 3 is 2.42 bits per heavy atom. The lowest BCUT2D eigenvalue weighted by molar-refractivity contribution is 0.702. The van der Waals surface area contributed by atoms with Gasteiger partial charge in [-0.25, -0.2) is 0 Å². The fourth-order valence-corrected chi connectivity index (χ4v) is 3.76. The average molecular weight is 294 g/mol. The molecule has 19 heavy (non-hydrogen) atoms. The van der Waals surface area contributed by atoms with Gasteiger partial charge in [0.2, 0.25) is 0 Å². The lowest BCUT2D eigenvalue weighted by Gasteiger charge is -2.18. The zero-order chi connectivity index (χ0) is 13.8. The predicted molar refractivity (Wildman–Crippen MR) is 85.4 cm³/mol. The number of nitrogens with one attached hydrogen (secondary N) is 1. The Kier molecular flexibility index (Phi) is 5.03. The first-order chi connectivity index (χ1) is 9.21. The Hall–Kier alpha value is -0.830. The van der Waals surface area contributed by atoms with Gasteiger partial charge in [0.1, 0.15) is 0 Å². The number of benzene rings is 1. The number of thiophene rings is 1. The van der Waals surface area contributed by atoms with E-state index in [-0.39, 0.29) is 6.04 Å². The first-order valence-corrected chi connectivity index (χ1v) is 7.98. The Morgan fingerprint density at radius 1 is 1.16 bits per heavy atom. The van der Waals surface area contributed by atoms with Gasteiger partial charge in [-0.1, -0.05) is 43.6 Å². The summed E-state index contributed by atoms with van der Waals surface area (Å²) in [5.74, 6) is 0. The van der Waals surface area contributed by atoms with Crippen LogP contribution < -0.4 is 5.32 Å². The molecule has 0 saturated heterocycles. The molecule has 102 valence electrons. The van der Waals surface area contributed by atoms with Crippen molar-refractivity contribution in [3.05, 3.63) is 56.2 Å². The summed E-state index contributed by atoms with van der Waals surface area (Å²) in [7, 11) is 1.99. The van der Waals surface area contributed by atoms with E-state index in [1.165, 1.54) is 21.6 Å². The zero-order valence-electron chi connectivity index (χ0n) is 11.7. The second-order valence-corrected chi connectivity index (χ2v) is 5.94. The van der Waals surface area contributed by atoms with E-state index in [4.69, 9.17) is 11.6 Å². The maximum atomic E-state index is 6.27. The fraction of sp³-hybridized carbons (Fsp3) is 0.375. The molecule has 1 aromatic carbocycles. The molecule has 2 aromatic rings. The summed E-state index contributed by atoms with van der Waals surface area (Å²) < 4.78 is 0. The van der Waals surface area contributed by atoms with Gasteiger partial charge in [-0.3, -0.25) is 0 Å². The van der Waals surface area contributed by atoms with Crippen molar-refractivity contribution in [1.82, 2.24) is 5.32 Å². The Bertz CT molecular complexity index is 547. The SMILES string of the molecule is CCc1ccc(C(NC)c2sccc2Cl)cc1CC. The maximum Gasteiger partial charge on any atom is 0.0683 e. The second kappa shape index (κ2) is 6.56. The molecule has 0 amide bonds. The number of halogens is 1. The molecule has 0 aliphatic carbocycles. The first-order valence-electron chi connectivity index (χ1n) is 6.73. The van der Waals surface area contributed by atoms with Gasteiger partial charge < -0.3 is 5.32 Å². The summed E-state index contributed by atoms with van der Waals surface area (Å²) in [6.45, 7) is 4.42. The third-order valence-corrected chi connectivity index (χ3v) is 4.94. The standard InChI is InChI=1S/C16H20ClNS/c1-4-11-6-7-13(10-12(11)5-2)15(18-3)16-14(17)8-9-19-16/h6-10,15,18H,4-5H2,1-3H3. The first kappa shape index (κ1) is 14.6. The monoisotopic (exact) mass is 293 g/mol. The fourth-order valence-electron chi connectivity index (χ4n) is 2.46. The predicted octanol–water partition coefficient (Wildman–Crippen LogP) is 4.84. The smallest absolute Gasteiger partial charge is 0.0683 e. The van der Waals surface area contributed by atoms with Crippen molar-refractivity contribution in [3.8, 4) is 0 Å². The maximum absolute atomic E-state index is 6.27. The van der Waals surface area contributed by atoms with E-state index in [0.717, 1.165) is 17.9 Å². The van der Waals surface area contributed by atoms with Gasteiger partial charge in [0.05, 0.1) is 11.1 Å². The van der Waals surface area contributed by atoms with Crippen LogP contribution in [0, 0.1) is 0 Å². The molecule has 1 N–H and O–H groups in total. The lowest BCUT2D eigenvalue weighted by atomic mass is 9.96. The highest BCUT2D eigenvalue weighted by Gasteiger charge is 2.17. The van der Waals surface area contributed by atoms with Crippen molar-refractivity contribution in [1.29, 1.82) is 0 Å². The Balaban J connectivity index is 2.42. The molecular formula is C16H20ClNS. The third-order valence-electron chi connectivity index (χ3n) is 3.52. The van der Waals surface area contributed by atoms with E-state index in [1.807, 2.05) is 18.5 Å². The molecule has 3 heteroatoms. The summed E-state index contributed by atoms with van der Waals surface area (Å²) in [5.41, 5.74) is 4.17. The molecule has 0 bridgehead atoms. The molecule has 0 spiro atoms. The average Bonchev–Trinajstić information content (AvgIpc) is 2.86. The van der Waals surface area contributed by atoms with Gasteiger partial charge in [0, 0.05) is 4.88 Å². The van der Waals surface area contributed by atoms with Crippen molar-refractivity contribution in [2.45, 2.75) is 32.7 Å². The molecule has 1 unspecified atom stereocenters. The molecule has 1 aromatic heterocycles. The summed E-state index contributed by atoms with van der Waals surface area (Å²) in [6.07, 6.45) is 2.17. The Morgan fingerprint density at radius 2 is 1.89 bits per heavy atom. The van der Waals surface area contributed by atoms with E-state index in [1.54, 1.807) is 11.3 Å². The van der Waals surface area contributed by atoms with E-state index < -0.39 is 0 Å². The van der Waals surface area contributed by atoms with Crippen molar-refractivity contribution in [3.63, 3.8) is 0 Å². The van der Waals surface area contributed by atoms with Crippen LogP contribution >= 0.6 is 22.9 Å². The quantitative estimate of drug-likeness (QED) is 0.832. The van der Waals surface area contributed by atoms with Gasteiger partial charge in [-0.05, 0) is 48.0 Å². The zero-order valence-corrected chi connectivity index (χ0v) is 13.2. The number of hydrogen-bond acceptors (Lipinski definition) is 2. The normalized spacial score (nSPS) is 12.6. The number of aryl methyl sites for hydroxylation is 2.